The van der Waals surface area contributed by atoms with Crippen LogP contribution in [0.15, 0.2) is 39.7 Å². The number of H-pyrrole nitrogens is 1. The number of hydrogen-bond acceptors (Lipinski definition) is 5. The lowest BCUT2D eigenvalue weighted by Crippen LogP contribution is -2.46. The molecule has 3 heterocycles. The van der Waals surface area contributed by atoms with Crippen LogP contribution < -0.4 is 11.3 Å². The molecule has 4 rings (SSSR count). The Morgan fingerprint density at radius 1 is 1.34 bits per heavy atom. The molecule has 3 atom stereocenters. The predicted octanol–water partition coefficient (Wildman–Crippen LogP) is 4.96. The lowest BCUT2D eigenvalue weighted by molar-refractivity contribution is 0.0496. The van der Waals surface area contributed by atoms with E-state index in [1.165, 1.54) is 31.0 Å². The number of hydrogen-bond donors (Lipinski definition) is 3. The van der Waals surface area contributed by atoms with E-state index in [0.717, 1.165) is 30.2 Å². The molecule has 4 N–H and O–H groups in total. The molecule has 0 spiro atoms. The van der Waals surface area contributed by atoms with Crippen LogP contribution in [0.1, 0.15) is 76.7 Å². The number of unbranched alkanes of at least 4 members (excludes halogenated alkanes) is 1. The summed E-state index contributed by atoms with van der Waals surface area (Å²) in [6, 6.07) is 9.36. The highest BCUT2D eigenvalue weighted by molar-refractivity contribution is 5.92. The largest absolute Gasteiger partial charge is 0.433 e. The number of rotatable bonds is 7. The Morgan fingerprint density at radius 2 is 2.09 bits per heavy atom. The van der Waals surface area contributed by atoms with E-state index in [9.17, 15) is 4.79 Å². The summed E-state index contributed by atoms with van der Waals surface area (Å²) in [5.74, 6) is 0.122. The molecule has 3 aromatic rings. The third-order valence-corrected chi connectivity index (χ3v) is 6.73. The van der Waals surface area contributed by atoms with Gasteiger partial charge in [-0.15, -0.1) is 0 Å². The monoisotopic (exact) mass is 435 g/mol. The van der Waals surface area contributed by atoms with Crippen LogP contribution in [0.3, 0.4) is 0 Å². The van der Waals surface area contributed by atoms with Gasteiger partial charge in [-0.05, 0) is 50.8 Å². The molecule has 2 aromatic heterocycles. The molecule has 1 saturated heterocycles. The van der Waals surface area contributed by atoms with Crippen molar-refractivity contribution in [3.63, 3.8) is 0 Å². The first-order valence-corrected chi connectivity index (χ1v) is 11.6. The summed E-state index contributed by atoms with van der Waals surface area (Å²) in [6.45, 7) is 6.90. The molecule has 0 radical (unpaired) electrons. The summed E-state index contributed by atoms with van der Waals surface area (Å²) in [7, 11) is 0. The lowest BCUT2D eigenvalue weighted by Gasteiger charge is -2.45. The van der Waals surface area contributed by atoms with Crippen molar-refractivity contribution < 1.29 is 4.42 Å². The van der Waals surface area contributed by atoms with E-state index in [4.69, 9.17) is 15.6 Å². The van der Waals surface area contributed by atoms with Crippen molar-refractivity contribution in [1.29, 1.82) is 5.41 Å². The molecule has 7 heteroatoms. The predicted molar refractivity (Wildman–Crippen MR) is 128 cm³/mol. The molecule has 1 fully saturated rings. The molecule has 7 nitrogen and oxygen atoms in total. The second-order valence-corrected chi connectivity index (χ2v) is 9.00. The van der Waals surface area contributed by atoms with Crippen LogP contribution in [0.4, 0.5) is 0 Å². The van der Waals surface area contributed by atoms with Crippen molar-refractivity contribution in [3.05, 3.63) is 52.1 Å². The summed E-state index contributed by atoms with van der Waals surface area (Å²) in [4.78, 5) is 22.7. The molecular formula is C25H33N5O2. The van der Waals surface area contributed by atoms with Gasteiger partial charge in [-0.25, -0.2) is 4.98 Å². The van der Waals surface area contributed by atoms with Gasteiger partial charge in [0.2, 0.25) is 5.89 Å². The Kier molecular flexibility index (Phi) is 6.46. The first-order valence-electron chi connectivity index (χ1n) is 11.6. The summed E-state index contributed by atoms with van der Waals surface area (Å²) < 4.78 is 5.59. The van der Waals surface area contributed by atoms with E-state index in [-0.39, 0.29) is 29.1 Å². The van der Waals surface area contributed by atoms with Crippen molar-refractivity contribution in [3.8, 4) is 11.5 Å². The van der Waals surface area contributed by atoms with Gasteiger partial charge >= 0.3 is 0 Å². The Bertz CT molecular complexity index is 1150. The van der Waals surface area contributed by atoms with Crippen LogP contribution in [-0.2, 0) is 0 Å². The molecule has 0 amide bonds. The number of nitrogens with one attached hydrogen (secondary N) is 2. The van der Waals surface area contributed by atoms with Gasteiger partial charge in [-0.1, -0.05) is 38.3 Å². The molecule has 1 aromatic carbocycles. The summed E-state index contributed by atoms with van der Waals surface area (Å²) in [5, 5.41) is 8.56. The number of likely N-dealkylation sites (tertiary alicyclic amines) is 1. The number of aromatic amines is 1. The third-order valence-electron chi connectivity index (χ3n) is 6.73. The Morgan fingerprint density at radius 3 is 2.75 bits per heavy atom. The SMILES string of the molecule is CCCCC(c1cccc2[nH]c(=O)c(-c3ncc(C(=N)N)o3)cc12)N1C(C)CCCC1C. The normalized spacial score (nSPS) is 20.5. The van der Waals surface area contributed by atoms with Crippen molar-refractivity contribution in [2.75, 3.05) is 0 Å². The maximum absolute atomic E-state index is 12.8. The van der Waals surface area contributed by atoms with Crippen LogP contribution in [0.5, 0.6) is 0 Å². The molecule has 0 saturated carbocycles. The lowest BCUT2D eigenvalue weighted by atomic mass is 9.88. The van der Waals surface area contributed by atoms with Gasteiger partial charge in [0.05, 0.1) is 6.20 Å². The maximum atomic E-state index is 12.8. The van der Waals surface area contributed by atoms with Gasteiger partial charge in [-0.2, -0.15) is 0 Å². The molecule has 1 aliphatic heterocycles. The molecule has 1 aliphatic rings. The zero-order chi connectivity index (χ0) is 22.8. The maximum Gasteiger partial charge on any atom is 0.261 e. The van der Waals surface area contributed by atoms with Crippen molar-refractivity contribution in [1.82, 2.24) is 14.9 Å². The fourth-order valence-corrected chi connectivity index (χ4v) is 5.14. The number of oxazole rings is 1. The first-order chi connectivity index (χ1) is 15.4. The van der Waals surface area contributed by atoms with Gasteiger partial charge in [-0.3, -0.25) is 15.1 Å². The minimum absolute atomic E-state index is 0.157. The van der Waals surface area contributed by atoms with E-state index in [0.29, 0.717) is 17.6 Å². The second-order valence-electron chi connectivity index (χ2n) is 9.00. The topological polar surface area (TPSA) is 112 Å². The standard InChI is InChI=1S/C25H33N5O2/c1-4-5-12-21(30-15(2)8-6-9-16(30)3)17-10-7-11-20-18(17)13-19(24(31)29-20)25-28-14-22(32-25)23(26)27/h7,10-11,13-16,21H,4-6,8-9,12H2,1-3H3,(H3,26,27)(H,29,31). The Labute approximate surface area is 188 Å². The van der Waals surface area contributed by atoms with Crippen LogP contribution in [0.2, 0.25) is 0 Å². The number of piperidine rings is 1. The van der Waals surface area contributed by atoms with Crippen LogP contribution in [0.25, 0.3) is 22.4 Å². The van der Waals surface area contributed by atoms with E-state index in [1.807, 2.05) is 18.2 Å². The van der Waals surface area contributed by atoms with Gasteiger partial charge < -0.3 is 15.1 Å². The van der Waals surface area contributed by atoms with Gasteiger partial charge in [0.25, 0.3) is 5.56 Å². The van der Waals surface area contributed by atoms with E-state index in [2.05, 4.69) is 41.7 Å². The van der Waals surface area contributed by atoms with E-state index >= 15 is 0 Å². The number of aromatic nitrogens is 2. The number of benzene rings is 1. The zero-order valence-corrected chi connectivity index (χ0v) is 19.1. The highest BCUT2D eigenvalue weighted by Crippen LogP contribution is 2.38. The number of amidine groups is 1. The zero-order valence-electron chi connectivity index (χ0n) is 19.1. The van der Waals surface area contributed by atoms with Gasteiger partial charge in [0.15, 0.2) is 11.6 Å². The molecule has 170 valence electrons. The molecule has 0 bridgehead atoms. The minimum atomic E-state index is -0.267. The number of nitrogen functional groups attached to an aromatic ring is 1. The van der Waals surface area contributed by atoms with Crippen LogP contribution in [-0.4, -0.2) is 32.8 Å². The second kappa shape index (κ2) is 9.28. The molecule has 0 aliphatic carbocycles. The summed E-state index contributed by atoms with van der Waals surface area (Å²) in [6.07, 6.45) is 8.45. The van der Waals surface area contributed by atoms with Crippen molar-refractivity contribution >= 4 is 16.7 Å². The smallest absolute Gasteiger partial charge is 0.261 e. The number of fused-ring (bicyclic) bond motifs is 1. The fourth-order valence-electron chi connectivity index (χ4n) is 5.14. The Hall–Kier alpha value is -2.93. The third kappa shape index (κ3) is 4.21. The molecule has 3 unspecified atom stereocenters. The average Bonchev–Trinajstić information content (AvgIpc) is 3.25. The highest BCUT2D eigenvalue weighted by atomic mass is 16.4. The minimum Gasteiger partial charge on any atom is -0.433 e. The van der Waals surface area contributed by atoms with Gasteiger partial charge in [0, 0.05) is 29.0 Å². The fraction of sp³-hybridized carbons (Fsp3) is 0.480. The number of nitrogens with two attached hydrogens (primary N) is 1. The number of pyridine rings is 1. The summed E-state index contributed by atoms with van der Waals surface area (Å²) >= 11 is 0. The van der Waals surface area contributed by atoms with Crippen molar-refractivity contribution in [2.45, 2.75) is 77.4 Å². The van der Waals surface area contributed by atoms with E-state index in [1.54, 1.807) is 0 Å². The first kappa shape index (κ1) is 22.3. The highest BCUT2D eigenvalue weighted by Gasteiger charge is 2.32. The van der Waals surface area contributed by atoms with Gasteiger partial charge in [0.1, 0.15) is 5.56 Å². The van der Waals surface area contributed by atoms with Crippen molar-refractivity contribution in [2.24, 2.45) is 5.73 Å². The summed E-state index contributed by atoms with van der Waals surface area (Å²) in [5.41, 5.74) is 7.64. The molecular weight excluding hydrogens is 402 g/mol. The Balaban J connectivity index is 1.86. The van der Waals surface area contributed by atoms with Crippen LogP contribution in [0, 0.1) is 5.41 Å². The average molecular weight is 436 g/mol. The quantitative estimate of drug-likeness (QED) is 0.359. The number of nitrogens with zero attached hydrogens (tertiary/aromatic N) is 2. The van der Waals surface area contributed by atoms with Crippen LogP contribution >= 0.6 is 0 Å². The molecule has 32 heavy (non-hydrogen) atoms. The van der Waals surface area contributed by atoms with E-state index < -0.39 is 0 Å².